The SMILES string of the molecule is NC(=O)CSc1nc2ccccc2n1CCOc1ccccc1. The third kappa shape index (κ3) is 3.84. The topological polar surface area (TPSA) is 70.1 Å². The number of carbonyl (C=O) groups is 1. The number of para-hydroxylation sites is 3. The van der Waals surface area contributed by atoms with Crippen molar-refractivity contribution in [1.29, 1.82) is 0 Å². The van der Waals surface area contributed by atoms with Crippen molar-refractivity contribution in [1.82, 2.24) is 9.55 Å². The van der Waals surface area contributed by atoms with Crippen LogP contribution in [-0.2, 0) is 11.3 Å². The Morgan fingerprint density at radius 1 is 1.13 bits per heavy atom. The third-order valence-corrected chi connectivity index (χ3v) is 4.29. The summed E-state index contributed by atoms with van der Waals surface area (Å²) in [6, 6.07) is 17.6. The van der Waals surface area contributed by atoms with E-state index in [1.54, 1.807) is 0 Å². The summed E-state index contributed by atoms with van der Waals surface area (Å²) in [5.41, 5.74) is 7.17. The normalized spacial score (nSPS) is 10.8. The van der Waals surface area contributed by atoms with Gasteiger partial charge in [-0.05, 0) is 24.3 Å². The second-order valence-electron chi connectivity index (χ2n) is 4.95. The fourth-order valence-electron chi connectivity index (χ4n) is 2.29. The minimum Gasteiger partial charge on any atom is -0.492 e. The fraction of sp³-hybridized carbons (Fsp3) is 0.176. The number of benzene rings is 2. The number of primary amides is 1. The Morgan fingerprint density at radius 2 is 1.87 bits per heavy atom. The van der Waals surface area contributed by atoms with Crippen molar-refractivity contribution in [3.63, 3.8) is 0 Å². The fourth-order valence-corrected chi connectivity index (χ4v) is 3.07. The minimum atomic E-state index is -0.353. The molecule has 1 amide bonds. The molecule has 5 nitrogen and oxygen atoms in total. The van der Waals surface area contributed by atoms with Gasteiger partial charge in [-0.1, -0.05) is 42.1 Å². The maximum atomic E-state index is 11.0. The first-order valence-electron chi connectivity index (χ1n) is 7.28. The second-order valence-corrected chi connectivity index (χ2v) is 5.89. The lowest BCUT2D eigenvalue weighted by molar-refractivity contribution is -0.115. The lowest BCUT2D eigenvalue weighted by Crippen LogP contribution is -2.14. The van der Waals surface area contributed by atoms with E-state index >= 15 is 0 Å². The van der Waals surface area contributed by atoms with Gasteiger partial charge in [-0.2, -0.15) is 0 Å². The van der Waals surface area contributed by atoms with Crippen LogP contribution < -0.4 is 10.5 Å². The zero-order valence-corrected chi connectivity index (χ0v) is 13.3. The average Bonchev–Trinajstić information content (AvgIpc) is 2.92. The summed E-state index contributed by atoms with van der Waals surface area (Å²) in [6.45, 7) is 1.17. The van der Waals surface area contributed by atoms with Crippen LogP contribution in [0, 0.1) is 0 Å². The lowest BCUT2D eigenvalue weighted by atomic mass is 10.3. The van der Waals surface area contributed by atoms with Gasteiger partial charge >= 0.3 is 0 Å². The number of rotatable bonds is 7. The molecule has 0 aliphatic rings. The van der Waals surface area contributed by atoms with Gasteiger partial charge in [0.1, 0.15) is 12.4 Å². The monoisotopic (exact) mass is 327 g/mol. The molecule has 23 heavy (non-hydrogen) atoms. The van der Waals surface area contributed by atoms with Gasteiger partial charge in [0.05, 0.1) is 23.3 Å². The summed E-state index contributed by atoms with van der Waals surface area (Å²) >= 11 is 1.35. The molecule has 0 radical (unpaired) electrons. The summed E-state index contributed by atoms with van der Waals surface area (Å²) in [6.07, 6.45) is 0. The molecule has 0 aliphatic carbocycles. The van der Waals surface area contributed by atoms with Gasteiger partial charge in [-0.3, -0.25) is 4.79 Å². The summed E-state index contributed by atoms with van der Waals surface area (Å²) < 4.78 is 7.82. The van der Waals surface area contributed by atoms with E-state index in [9.17, 15) is 4.79 Å². The first kappa shape index (κ1) is 15.4. The lowest BCUT2D eigenvalue weighted by Gasteiger charge is -2.10. The molecule has 3 aromatic rings. The van der Waals surface area contributed by atoms with E-state index in [2.05, 4.69) is 9.55 Å². The van der Waals surface area contributed by atoms with Crippen LogP contribution in [0.3, 0.4) is 0 Å². The number of amides is 1. The smallest absolute Gasteiger partial charge is 0.227 e. The second kappa shape index (κ2) is 7.19. The van der Waals surface area contributed by atoms with Gasteiger partial charge in [0.2, 0.25) is 5.91 Å². The molecule has 0 bridgehead atoms. The van der Waals surface area contributed by atoms with Gasteiger partial charge in [-0.15, -0.1) is 0 Å². The predicted molar refractivity (Wildman–Crippen MR) is 91.6 cm³/mol. The van der Waals surface area contributed by atoms with Gasteiger partial charge in [0.25, 0.3) is 0 Å². The van der Waals surface area contributed by atoms with Crippen LogP contribution in [0.15, 0.2) is 59.8 Å². The Morgan fingerprint density at radius 3 is 2.65 bits per heavy atom. The van der Waals surface area contributed by atoms with Gasteiger partial charge in [0.15, 0.2) is 5.16 Å². The predicted octanol–water partition coefficient (Wildman–Crippen LogP) is 2.69. The van der Waals surface area contributed by atoms with E-state index in [0.717, 1.165) is 21.9 Å². The number of nitrogens with zero attached hydrogens (tertiary/aromatic N) is 2. The molecule has 3 rings (SSSR count). The van der Waals surface area contributed by atoms with E-state index in [1.807, 2.05) is 54.6 Å². The van der Waals surface area contributed by atoms with Crippen LogP contribution in [0.2, 0.25) is 0 Å². The van der Waals surface area contributed by atoms with E-state index in [0.29, 0.717) is 13.2 Å². The molecule has 0 fully saturated rings. The van der Waals surface area contributed by atoms with Crippen LogP contribution in [0.5, 0.6) is 5.75 Å². The van der Waals surface area contributed by atoms with Gasteiger partial charge in [0, 0.05) is 0 Å². The highest BCUT2D eigenvalue weighted by Gasteiger charge is 2.12. The molecule has 118 valence electrons. The zero-order valence-electron chi connectivity index (χ0n) is 12.5. The van der Waals surface area contributed by atoms with Crippen molar-refractivity contribution in [2.45, 2.75) is 11.7 Å². The van der Waals surface area contributed by atoms with Crippen molar-refractivity contribution in [3.05, 3.63) is 54.6 Å². The van der Waals surface area contributed by atoms with Crippen molar-refractivity contribution in [2.75, 3.05) is 12.4 Å². The molecule has 1 aromatic heterocycles. The Kier molecular flexibility index (Phi) is 4.83. The zero-order chi connectivity index (χ0) is 16.1. The van der Waals surface area contributed by atoms with E-state index in [4.69, 9.17) is 10.5 Å². The quantitative estimate of drug-likeness (QED) is 0.677. The molecular weight excluding hydrogens is 310 g/mol. The number of fused-ring (bicyclic) bond motifs is 1. The van der Waals surface area contributed by atoms with Crippen LogP contribution in [-0.4, -0.2) is 27.8 Å². The number of imidazole rings is 1. The highest BCUT2D eigenvalue weighted by Crippen LogP contribution is 2.24. The van der Waals surface area contributed by atoms with Crippen LogP contribution in [0.4, 0.5) is 0 Å². The van der Waals surface area contributed by atoms with Crippen molar-refractivity contribution in [3.8, 4) is 5.75 Å². The van der Waals surface area contributed by atoms with Crippen LogP contribution in [0.25, 0.3) is 11.0 Å². The highest BCUT2D eigenvalue weighted by molar-refractivity contribution is 7.99. The first-order valence-corrected chi connectivity index (χ1v) is 8.27. The molecular formula is C17H17N3O2S. The van der Waals surface area contributed by atoms with E-state index in [-0.39, 0.29) is 11.7 Å². The number of hydrogen-bond donors (Lipinski definition) is 1. The maximum Gasteiger partial charge on any atom is 0.227 e. The Bertz CT molecular complexity index is 802. The summed E-state index contributed by atoms with van der Waals surface area (Å²) in [5.74, 6) is 0.695. The van der Waals surface area contributed by atoms with Crippen molar-refractivity contribution in [2.24, 2.45) is 5.73 Å². The number of aromatic nitrogens is 2. The van der Waals surface area contributed by atoms with E-state index in [1.165, 1.54) is 11.8 Å². The molecule has 0 atom stereocenters. The first-order chi connectivity index (χ1) is 11.2. The molecule has 1 heterocycles. The number of hydrogen-bond acceptors (Lipinski definition) is 4. The molecule has 2 aromatic carbocycles. The van der Waals surface area contributed by atoms with Crippen LogP contribution in [0.1, 0.15) is 0 Å². The molecule has 0 saturated carbocycles. The van der Waals surface area contributed by atoms with Crippen LogP contribution >= 0.6 is 11.8 Å². The summed E-state index contributed by atoms with van der Waals surface area (Å²) in [4.78, 5) is 15.6. The summed E-state index contributed by atoms with van der Waals surface area (Å²) in [5, 5.41) is 0.779. The van der Waals surface area contributed by atoms with Crippen molar-refractivity contribution >= 4 is 28.7 Å². The number of ether oxygens (including phenoxy) is 1. The molecule has 0 unspecified atom stereocenters. The molecule has 0 spiro atoms. The Balaban J connectivity index is 1.77. The number of thioether (sulfide) groups is 1. The largest absolute Gasteiger partial charge is 0.492 e. The Hall–Kier alpha value is -2.47. The van der Waals surface area contributed by atoms with Gasteiger partial charge in [-0.25, -0.2) is 4.98 Å². The van der Waals surface area contributed by atoms with Crippen molar-refractivity contribution < 1.29 is 9.53 Å². The molecule has 0 saturated heterocycles. The highest BCUT2D eigenvalue weighted by atomic mass is 32.2. The Labute approximate surface area is 138 Å². The number of nitrogens with two attached hydrogens (primary N) is 1. The minimum absolute atomic E-state index is 0.211. The third-order valence-electron chi connectivity index (χ3n) is 3.29. The maximum absolute atomic E-state index is 11.0. The van der Waals surface area contributed by atoms with E-state index < -0.39 is 0 Å². The number of carbonyl (C=O) groups excluding carboxylic acids is 1. The molecule has 0 aliphatic heterocycles. The molecule has 2 N–H and O–H groups in total. The summed E-state index contributed by atoms with van der Waals surface area (Å²) in [7, 11) is 0. The molecule has 6 heteroatoms. The average molecular weight is 327 g/mol. The van der Waals surface area contributed by atoms with Gasteiger partial charge < -0.3 is 15.0 Å². The standard InChI is InChI=1S/C17H17N3O2S/c18-16(21)12-23-17-19-14-8-4-5-9-15(14)20(17)10-11-22-13-6-2-1-3-7-13/h1-9H,10-12H2,(H2,18,21).